The Bertz CT molecular complexity index is 1140. The van der Waals surface area contributed by atoms with Gasteiger partial charge < -0.3 is 9.80 Å². The molecule has 0 radical (unpaired) electrons. The van der Waals surface area contributed by atoms with E-state index in [1.807, 2.05) is 40.0 Å². The largest absolute Gasteiger partial charge is 0.354 e. The van der Waals surface area contributed by atoms with Crippen molar-refractivity contribution in [2.45, 2.75) is 53.4 Å². The molecule has 0 spiro atoms. The van der Waals surface area contributed by atoms with Gasteiger partial charge in [-0.25, -0.2) is 14.6 Å². The summed E-state index contributed by atoms with van der Waals surface area (Å²) in [5.41, 5.74) is 1.67. The van der Waals surface area contributed by atoms with Crippen LogP contribution in [0.4, 0.5) is 5.82 Å². The first kappa shape index (κ1) is 24.5. The molecule has 0 saturated carbocycles. The van der Waals surface area contributed by atoms with E-state index in [4.69, 9.17) is 21.6 Å². The number of anilines is 1. The molecule has 8 heteroatoms. The fourth-order valence-corrected chi connectivity index (χ4v) is 4.55. The number of amides is 1. The van der Waals surface area contributed by atoms with E-state index in [0.717, 1.165) is 67.3 Å². The quantitative estimate of drug-likeness (QED) is 0.466. The maximum atomic E-state index is 12.7. The van der Waals surface area contributed by atoms with Gasteiger partial charge in [-0.15, -0.1) is 0 Å². The highest BCUT2D eigenvalue weighted by Crippen LogP contribution is 2.28. The summed E-state index contributed by atoms with van der Waals surface area (Å²) in [5.74, 6) is 2.93. The first-order chi connectivity index (χ1) is 16.3. The highest BCUT2D eigenvalue weighted by Gasteiger charge is 2.24. The number of nitrogens with zero attached hydrogens (tertiary/aromatic N) is 6. The number of halogens is 1. The summed E-state index contributed by atoms with van der Waals surface area (Å²) in [6.45, 7) is 11.7. The lowest BCUT2D eigenvalue weighted by atomic mass is 10.1. The van der Waals surface area contributed by atoms with E-state index in [0.29, 0.717) is 29.8 Å². The van der Waals surface area contributed by atoms with Crippen molar-refractivity contribution in [3.63, 3.8) is 0 Å². The van der Waals surface area contributed by atoms with Crippen LogP contribution in [0.15, 0.2) is 30.5 Å². The van der Waals surface area contributed by atoms with Gasteiger partial charge in [-0.1, -0.05) is 45.4 Å². The van der Waals surface area contributed by atoms with Crippen LogP contribution >= 0.6 is 11.6 Å². The highest BCUT2D eigenvalue weighted by atomic mass is 35.5. The molecule has 1 fully saturated rings. The Morgan fingerprint density at radius 1 is 1.06 bits per heavy atom. The Morgan fingerprint density at radius 2 is 1.88 bits per heavy atom. The van der Waals surface area contributed by atoms with Gasteiger partial charge in [0.15, 0.2) is 5.65 Å². The van der Waals surface area contributed by atoms with Crippen LogP contribution < -0.4 is 4.90 Å². The van der Waals surface area contributed by atoms with Crippen LogP contribution in [0.25, 0.3) is 16.7 Å². The molecule has 0 N–H and O–H groups in total. The van der Waals surface area contributed by atoms with Gasteiger partial charge >= 0.3 is 0 Å². The van der Waals surface area contributed by atoms with Crippen molar-refractivity contribution in [3.05, 3.63) is 41.3 Å². The Balaban J connectivity index is 1.69. The van der Waals surface area contributed by atoms with E-state index >= 15 is 0 Å². The smallest absolute Gasteiger partial charge is 0.222 e. The molecule has 0 unspecified atom stereocenters. The molecule has 0 bridgehead atoms. The van der Waals surface area contributed by atoms with Gasteiger partial charge in [0.1, 0.15) is 11.6 Å². The maximum absolute atomic E-state index is 12.7. The minimum Gasteiger partial charge on any atom is -0.354 e. The molecule has 1 amide bonds. The van der Waals surface area contributed by atoms with Gasteiger partial charge in [0, 0.05) is 44.0 Å². The van der Waals surface area contributed by atoms with Crippen LogP contribution in [0.3, 0.4) is 0 Å². The van der Waals surface area contributed by atoms with Crippen LogP contribution in [0.5, 0.6) is 0 Å². The van der Waals surface area contributed by atoms with Crippen molar-refractivity contribution in [1.29, 1.82) is 0 Å². The fraction of sp³-hybridized carbons (Fsp3) is 0.538. The Hall–Kier alpha value is -2.67. The second-order valence-electron chi connectivity index (χ2n) is 9.99. The van der Waals surface area contributed by atoms with Crippen LogP contribution in [0.1, 0.15) is 52.8 Å². The van der Waals surface area contributed by atoms with Crippen LogP contribution in [-0.4, -0.2) is 56.7 Å². The van der Waals surface area contributed by atoms with E-state index in [1.165, 1.54) is 0 Å². The number of fused-ring (bicyclic) bond motifs is 1. The summed E-state index contributed by atoms with van der Waals surface area (Å²) in [6, 6.07) is 7.66. The average Bonchev–Trinajstić information content (AvgIpc) is 3.05. The molecule has 0 aliphatic carbocycles. The number of hydrogen-bond donors (Lipinski definition) is 0. The first-order valence-corrected chi connectivity index (χ1v) is 12.7. The number of hydrogen-bond acceptors (Lipinski definition) is 5. The molecule has 2 aromatic heterocycles. The molecule has 1 aliphatic heterocycles. The third-order valence-electron chi connectivity index (χ3n) is 6.18. The van der Waals surface area contributed by atoms with E-state index in [2.05, 4.69) is 37.7 Å². The zero-order chi connectivity index (χ0) is 24.2. The number of aryl methyl sites for hydroxylation is 1. The van der Waals surface area contributed by atoms with Gasteiger partial charge in [0.05, 0.1) is 17.3 Å². The number of aromatic nitrogens is 4. The van der Waals surface area contributed by atoms with Crippen molar-refractivity contribution in [2.75, 3.05) is 31.1 Å². The number of carbonyl (C=O) groups excluding carboxylic acids is 1. The summed E-state index contributed by atoms with van der Waals surface area (Å²) < 4.78 is 1.85. The first-order valence-electron chi connectivity index (χ1n) is 12.3. The van der Waals surface area contributed by atoms with Crippen molar-refractivity contribution in [1.82, 2.24) is 24.6 Å². The van der Waals surface area contributed by atoms with E-state index in [1.54, 1.807) is 0 Å². The molecule has 182 valence electrons. The summed E-state index contributed by atoms with van der Waals surface area (Å²) in [5, 5.41) is 6.25. The zero-order valence-electron chi connectivity index (χ0n) is 20.7. The minimum absolute atomic E-state index is 0.246. The molecule has 7 nitrogen and oxygen atoms in total. The third kappa shape index (κ3) is 5.69. The Kier molecular flexibility index (Phi) is 7.71. The lowest BCUT2D eigenvalue weighted by molar-refractivity contribution is -0.131. The van der Waals surface area contributed by atoms with E-state index in [9.17, 15) is 4.79 Å². The van der Waals surface area contributed by atoms with E-state index in [-0.39, 0.29) is 5.91 Å². The van der Waals surface area contributed by atoms with Crippen LogP contribution in [-0.2, 0) is 11.2 Å². The third-order valence-corrected chi connectivity index (χ3v) is 6.42. The summed E-state index contributed by atoms with van der Waals surface area (Å²) in [6.07, 6.45) is 5.20. The number of rotatable bonds is 7. The Labute approximate surface area is 207 Å². The molecule has 3 aromatic rings. The van der Waals surface area contributed by atoms with Crippen LogP contribution in [0, 0.1) is 11.8 Å². The van der Waals surface area contributed by atoms with Crippen molar-refractivity contribution >= 4 is 34.4 Å². The van der Waals surface area contributed by atoms with Gasteiger partial charge in [-0.05, 0) is 42.9 Å². The SMILES string of the molecule is CC(C)CCc1nc(N2CCCN(C(=O)CC(C)C)CC2)c2cnn(-c3cccc(Cl)c3)c2n1. The fourth-order valence-electron chi connectivity index (χ4n) is 4.36. The molecular weight excluding hydrogens is 448 g/mol. The van der Waals surface area contributed by atoms with Crippen LogP contribution in [0.2, 0.25) is 5.02 Å². The van der Waals surface area contributed by atoms with Crippen molar-refractivity contribution < 1.29 is 4.79 Å². The normalized spacial score (nSPS) is 14.9. The maximum Gasteiger partial charge on any atom is 0.222 e. The van der Waals surface area contributed by atoms with Gasteiger partial charge in [-0.2, -0.15) is 5.10 Å². The summed E-state index contributed by atoms with van der Waals surface area (Å²) in [4.78, 5) is 26.9. The zero-order valence-corrected chi connectivity index (χ0v) is 21.4. The topological polar surface area (TPSA) is 67.2 Å². The molecule has 4 rings (SSSR count). The second-order valence-corrected chi connectivity index (χ2v) is 10.4. The Morgan fingerprint density at radius 3 is 2.62 bits per heavy atom. The predicted molar refractivity (Wildman–Crippen MR) is 138 cm³/mol. The molecule has 1 aromatic carbocycles. The van der Waals surface area contributed by atoms with Gasteiger partial charge in [0.25, 0.3) is 0 Å². The molecular formula is C26H35ClN6O. The highest BCUT2D eigenvalue weighted by molar-refractivity contribution is 6.30. The molecule has 1 aliphatic rings. The number of carbonyl (C=O) groups is 1. The molecule has 0 atom stereocenters. The minimum atomic E-state index is 0.246. The lowest BCUT2D eigenvalue weighted by Crippen LogP contribution is -2.36. The number of benzene rings is 1. The summed E-state index contributed by atoms with van der Waals surface area (Å²) >= 11 is 6.26. The summed E-state index contributed by atoms with van der Waals surface area (Å²) in [7, 11) is 0. The average molecular weight is 483 g/mol. The van der Waals surface area contributed by atoms with E-state index < -0.39 is 0 Å². The van der Waals surface area contributed by atoms with Gasteiger partial charge in [-0.3, -0.25) is 4.79 Å². The lowest BCUT2D eigenvalue weighted by Gasteiger charge is -2.24. The molecule has 34 heavy (non-hydrogen) atoms. The molecule has 1 saturated heterocycles. The predicted octanol–water partition coefficient (Wildman–Crippen LogP) is 5.14. The van der Waals surface area contributed by atoms with Gasteiger partial charge in [0.2, 0.25) is 5.91 Å². The van der Waals surface area contributed by atoms with Crippen molar-refractivity contribution in [2.24, 2.45) is 11.8 Å². The van der Waals surface area contributed by atoms with Crippen molar-refractivity contribution in [3.8, 4) is 5.69 Å². The second kappa shape index (κ2) is 10.7. The molecule has 3 heterocycles. The standard InChI is InChI=1S/C26H35ClN6O/c1-18(2)9-10-23-29-25(32-12-6-11-31(13-14-32)24(34)15-19(3)4)22-17-28-33(26(22)30-23)21-8-5-7-20(27)16-21/h5,7-8,16-19H,6,9-15H2,1-4H3. The monoisotopic (exact) mass is 482 g/mol.